The van der Waals surface area contributed by atoms with Crippen LogP contribution >= 0.6 is 23.1 Å². The predicted octanol–water partition coefficient (Wildman–Crippen LogP) is 3.05. The molecule has 9 heteroatoms. The summed E-state index contributed by atoms with van der Waals surface area (Å²) in [6.07, 6.45) is 2.44. The number of carbonyl (C=O) groups excluding carboxylic acids is 2. The van der Waals surface area contributed by atoms with Crippen molar-refractivity contribution in [3.05, 3.63) is 29.8 Å². The Morgan fingerprint density at radius 2 is 2.08 bits per heavy atom. The smallest absolute Gasteiger partial charge is 0.234 e. The molecule has 2 amide bonds. The molecule has 26 heavy (non-hydrogen) atoms. The monoisotopic (exact) mass is 387 g/mol. The summed E-state index contributed by atoms with van der Waals surface area (Å²) in [7, 11) is 0. The Balaban J connectivity index is 1.54. The summed E-state index contributed by atoms with van der Waals surface area (Å²) >= 11 is 2.62. The predicted molar refractivity (Wildman–Crippen MR) is 101 cm³/mol. The number of nitrogens with one attached hydrogen (secondary N) is 1. The van der Waals surface area contributed by atoms with Crippen LogP contribution in [-0.4, -0.2) is 33.8 Å². The van der Waals surface area contributed by atoms with Crippen molar-refractivity contribution in [3.63, 3.8) is 0 Å². The van der Waals surface area contributed by atoms with Gasteiger partial charge in [0.05, 0.1) is 17.4 Å². The quantitative estimate of drug-likeness (QED) is 0.579. The minimum atomic E-state index is -0.167. The highest BCUT2D eigenvalue weighted by Gasteiger charge is 2.35. The second-order valence-electron chi connectivity index (χ2n) is 5.73. The standard InChI is InChI=1S/C17H17N5O2S2/c1-2-15(24)22(13-7-8-13)16-20-21-17(26-16)25-10-14(23)19-12-5-3-11(9-18)4-6-12/h3-6,13H,2,7-8,10H2,1H3,(H,19,23). The van der Waals surface area contributed by atoms with Gasteiger partial charge in [-0.3, -0.25) is 14.5 Å². The Morgan fingerprint density at radius 3 is 2.69 bits per heavy atom. The molecule has 1 heterocycles. The molecule has 1 aliphatic rings. The summed E-state index contributed by atoms with van der Waals surface area (Å²) in [5.41, 5.74) is 1.18. The largest absolute Gasteiger partial charge is 0.325 e. The Labute approximate surface area is 159 Å². The zero-order valence-corrected chi connectivity index (χ0v) is 15.8. The average molecular weight is 387 g/mol. The van der Waals surface area contributed by atoms with Crippen molar-refractivity contribution in [1.29, 1.82) is 5.26 Å². The van der Waals surface area contributed by atoms with E-state index in [0.29, 0.717) is 27.1 Å². The molecule has 2 aromatic rings. The third kappa shape index (κ3) is 4.59. The third-order valence-electron chi connectivity index (χ3n) is 3.71. The molecule has 7 nitrogen and oxygen atoms in total. The first kappa shape index (κ1) is 18.4. The molecule has 1 aromatic heterocycles. The maximum atomic E-state index is 12.1. The van der Waals surface area contributed by atoms with Gasteiger partial charge in [-0.05, 0) is 37.1 Å². The van der Waals surface area contributed by atoms with Crippen molar-refractivity contribution >= 4 is 45.7 Å². The maximum Gasteiger partial charge on any atom is 0.234 e. The van der Waals surface area contributed by atoms with E-state index in [-0.39, 0.29) is 23.6 Å². The van der Waals surface area contributed by atoms with E-state index in [1.54, 1.807) is 29.2 Å². The van der Waals surface area contributed by atoms with Gasteiger partial charge >= 0.3 is 0 Å². The third-order valence-corrected chi connectivity index (χ3v) is 5.77. The van der Waals surface area contributed by atoms with Crippen LogP contribution in [0.3, 0.4) is 0 Å². The number of aromatic nitrogens is 2. The van der Waals surface area contributed by atoms with Gasteiger partial charge in [-0.25, -0.2) is 0 Å². The van der Waals surface area contributed by atoms with Gasteiger partial charge in [0.1, 0.15) is 0 Å². The fourth-order valence-electron chi connectivity index (χ4n) is 2.28. The summed E-state index contributed by atoms with van der Waals surface area (Å²) in [4.78, 5) is 25.9. The zero-order valence-electron chi connectivity index (χ0n) is 14.1. The van der Waals surface area contributed by atoms with E-state index >= 15 is 0 Å². The highest BCUT2D eigenvalue weighted by molar-refractivity contribution is 8.01. The molecule has 3 rings (SSSR count). The normalized spacial score (nSPS) is 13.1. The number of carbonyl (C=O) groups is 2. The first-order chi connectivity index (χ1) is 12.6. The molecular formula is C17H17N5O2S2. The second kappa shape index (κ2) is 8.29. The van der Waals surface area contributed by atoms with E-state index in [2.05, 4.69) is 15.5 Å². The highest BCUT2D eigenvalue weighted by atomic mass is 32.2. The van der Waals surface area contributed by atoms with Crippen LogP contribution in [0, 0.1) is 11.3 Å². The molecule has 1 N–H and O–H groups in total. The average Bonchev–Trinajstić information content (AvgIpc) is 3.38. The van der Waals surface area contributed by atoms with E-state index in [4.69, 9.17) is 5.26 Å². The van der Waals surface area contributed by atoms with Crippen LogP contribution in [0.1, 0.15) is 31.7 Å². The molecule has 0 spiro atoms. The lowest BCUT2D eigenvalue weighted by Gasteiger charge is -2.17. The molecule has 0 aliphatic heterocycles. The highest BCUT2D eigenvalue weighted by Crippen LogP contribution is 2.36. The molecule has 1 aromatic carbocycles. The van der Waals surface area contributed by atoms with Crippen molar-refractivity contribution in [3.8, 4) is 6.07 Å². The molecule has 1 aliphatic carbocycles. The SMILES string of the molecule is CCC(=O)N(c1nnc(SCC(=O)Nc2ccc(C#N)cc2)s1)C1CC1. The topological polar surface area (TPSA) is 99.0 Å². The van der Waals surface area contributed by atoms with Crippen LogP contribution < -0.4 is 10.2 Å². The second-order valence-corrected chi connectivity index (χ2v) is 7.90. The van der Waals surface area contributed by atoms with Crippen LogP contribution in [-0.2, 0) is 9.59 Å². The van der Waals surface area contributed by atoms with Crippen molar-refractivity contribution in [2.75, 3.05) is 16.0 Å². The summed E-state index contributed by atoms with van der Waals surface area (Å²) in [5.74, 6) is 0.0821. The molecule has 1 fully saturated rings. The van der Waals surface area contributed by atoms with Gasteiger partial charge in [0.15, 0.2) is 4.34 Å². The molecular weight excluding hydrogens is 370 g/mol. The van der Waals surface area contributed by atoms with Crippen LogP contribution in [0.15, 0.2) is 28.6 Å². The molecule has 0 atom stereocenters. The van der Waals surface area contributed by atoms with Gasteiger partial charge in [-0.2, -0.15) is 5.26 Å². The minimum Gasteiger partial charge on any atom is -0.325 e. The molecule has 0 bridgehead atoms. The Morgan fingerprint density at radius 1 is 1.35 bits per heavy atom. The van der Waals surface area contributed by atoms with Gasteiger partial charge in [-0.15, -0.1) is 10.2 Å². The van der Waals surface area contributed by atoms with Crippen LogP contribution in [0.5, 0.6) is 0 Å². The van der Waals surface area contributed by atoms with E-state index in [0.717, 1.165) is 12.8 Å². The zero-order chi connectivity index (χ0) is 18.5. The molecule has 0 saturated heterocycles. The van der Waals surface area contributed by atoms with E-state index in [9.17, 15) is 9.59 Å². The van der Waals surface area contributed by atoms with Crippen molar-refractivity contribution in [2.24, 2.45) is 0 Å². The first-order valence-corrected chi connectivity index (χ1v) is 9.99. The summed E-state index contributed by atoms with van der Waals surface area (Å²) in [6.45, 7) is 1.84. The van der Waals surface area contributed by atoms with Gasteiger partial charge in [0, 0.05) is 18.2 Å². The number of nitrogens with zero attached hydrogens (tertiary/aromatic N) is 4. The summed E-state index contributed by atoms with van der Waals surface area (Å²) in [6, 6.07) is 8.95. The lowest BCUT2D eigenvalue weighted by molar-refractivity contribution is -0.118. The Kier molecular flexibility index (Phi) is 5.85. The molecule has 0 unspecified atom stereocenters. The Hall–Kier alpha value is -2.44. The van der Waals surface area contributed by atoms with Gasteiger partial charge in [0.2, 0.25) is 16.9 Å². The molecule has 1 saturated carbocycles. The van der Waals surface area contributed by atoms with E-state index in [1.807, 2.05) is 13.0 Å². The lowest BCUT2D eigenvalue weighted by Crippen LogP contribution is -2.32. The van der Waals surface area contributed by atoms with Gasteiger partial charge in [0.25, 0.3) is 0 Å². The number of nitriles is 1. The summed E-state index contributed by atoms with van der Waals surface area (Å²) in [5, 5.41) is 20.4. The number of thioether (sulfide) groups is 1. The summed E-state index contributed by atoms with van der Waals surface area (Å²) < 4.78 is 0.657. The maximum absolute atomic E-state index is 12.1. The number of rotatable bonds is 7. The van der Waals surface area contributed by atoms with Crippen LogP contribution in [0.25, 0.3) is 0 Å². The fraction of sp³-hybridized carbons (Fsp3) is 0.353. The number of amides is 2. The van der Waals surface area contributed by atoms with Crippen LogP contribution in [0.4, 0.5) is 10.8 Å². The minimum absolute atomic E-state index is 0.0544. The van der Waals surface area contributed by atoms with Crippen molar-refractivity contribution < 1.29 is 9.59 Å². The van der Waals surface area contributed by atoms with Crippen molar-refractivity contribution in [1.82, 2.24) is 10.2 Å². The number of benzene rings is 1. The van der Waals surface area contributed by atoms with Gasteiger partial charge in [-0.1, -0.05) is 30.0 Å². The Bertz CT molecular complexity index is 840. The number of hydrogen-bond acceptors (Lipinski definition) is 7. The molecule has 0 radical (unpaired) electrons. The van der Waals surface area contributed by atoms with E-state index in [1.165, 1.54) is 23.1 Å². The fourth-order valence-corrected chi connectivity index (χ4v) is 4.01. The van der Waals surface area contributed by atoms with Crippen molar-refractivity contribution in [2.45, 2.75) is 36.6 Å². The van der Waals surface area contributed by atoms with Crippen LogP contribution in [0.2, 0.25) is 0 Å². The number of hydrogen-bond donors (Lipinski definition) is 1. The first-order valence-electron chi connectivity index (χ1n) is 8.19. The van der Waals surface area contributed by atoms with Gasteiger partial charge < -0.3 is 5.32 Å². The molecule has 134 valence electrons. The van der Waals surface area contributed by atoms with E-state index < -0.39 is 0 Å². The number of anilines is 2. The lowest BCUT2D eigenvalue weighted by atomic mass is 10.2.